The molecule has 0 bridgehead atoms. The second-order valence-electron chi connectivity index (χ2n) is 6.06. The van der Waals surface area contributed by atoms with Crippen LogP contribution in [0, 0.1) is 18.3 Å². The fourth-order valence-electron chi connectivity index (χ4n) is 2.95. The largest absolute Gasteiger partial charge is 0.299 e. The molecule has 1 aliphatic rings. The lowest BCUT2D eigenvalue weighted by Gasteiger charge is -2.25. The average molecular weight is 230 g/mol. The average Bonchev–Trinajstić information content (AvgIpc) is 2.61. The summed E-state index contributed by atoms with van der Waals surface area (Å²) in [6.07, 6.45) is 4.08. The monoisotopic (exact) mass is 230 g/mol. The topological polar surface area (TPSA) is 17.1 Å². The summed E-state index contributed by atoms with van der Waals surface area (Å²) in [5.74, 6) is 0.695. The van der Waals surface area contributed by atoms with E-state index in [4.69, 9.17) is 0 Å². The van der Waals surface area contributed by atoms with Crippen LogP contribution in [0.1, 0.15) is 44.2 Å². The minimum absolute atomic E-state index is 0.210. The summed E-state index contributed by atoms with van der Waals surface area (Å²) in [6.45, 7) is 6.54. The third-order valence-corrected chi connectivity index (χ3v) is 4.14. The molecule has 1 aromatic carbocycles. The van der Waals surface area contributed by atoms with Gasteiger partial charge in [0.2, 0.25) is 0 Å². The predicted octanol–water partition coefficient (Wildman–Crippen LogP) is 3.93. The lowest BCUT2D eigenvalue weighted by Crippen LogP contribution is -2.27. The number of ketones is 1. The van der Waals surface area contributed by atoms with Gasteiger partial charge in [-0.05, 0) is 30.7 Å². The maximum absolute atomic E-state index is 12.3. The molecule has 1 fully saturated rings. The summed E-state index contributed by atoms with van der Waals surface area (Å²) in [6, 6.07) is 8.33. The minimum atomic E-state index is 0.210. The Bertz CT molecular complexity index is 400. The molecule has 0 N–H and O–H groups in total. The second-order valence-corrected chi connectivity index (χ2v) is 6.06. The van der Waals surface area contributed by atoms with Gasteiger partial charge in [0, 0.05) is 12.3 Å². The van der Waals surface area contributed by atoms with Crippen molar-refractivity contribution in [1.82, 2.24) is 0 Å². The van der Waals surface area contributed by atoms with E-state index >= 15 is 0 Å². The van der Waals surface area contributed by atoms with Crippen molar-refractivity contribution in [3.63, 3.8) is 0 Å². The van der Waals surface area contributed by atoms with Crippen LogP contribution < -0.4 is 0 Å². The SMILES string of the molecule is Cc1ccc(CC(=O)C2CCCC2(C)C)cc1. The number of Topliss-reactive ketones (excluding diaryl/α,β-unsaturated/α-hetero) is 1. The molecule has 0 saturated heterocycles. The zero-order valence-electron chi connectivity index (χ0n) is 11.1. The van der Waals surface area contributed by atoms with Crippen molar-refractivity contribution in [3.8, 4) is 0 Å². The highest BCUT2D eigenvalue weighted by Crippen LogP contribution is 2.43. The summed E-state index contributed by atoms with van der Waals surface area (Å²) in [5, 5.41) is 0. The maximum atomic E-state index is 12.3. The van der Waals surface area contributed by atoms with Crippen LogP contribution in [0.5, 0.6) is 0 Å². The van der Waals surface area contributed by atoms with Gasteiger partial charge in [0.25, 0.3) is 0 Å². The van der Waals surface area contributed by atoms with Gasteiger partial charge in [0.15, 0.2) is 0 Å². The van der Waals surface area contributed by atoms with Crippen molar-refractivity contribution in [2.24, 2.45) is 11.3 Å². The molecule has 0 radical (unpaired) electrons. The molecular weight excluding hydrogens is 208 g/mol. The highest BCUT2D eigenvalue weighted by molar-refractivity contribution is 5.84. The van der Waals surface area contributed by atoms with Gasteiger partial charge in [-0.3, -0.25) is 4.79 Å². The lowest BCUT2D eigenvalue weighted by atomic mass is 9.78. The van der Waals surface area contributed by atoms with Crippen molar-refractivity contribution in [2.75, 3.05) is 0 Å². The number of carbonyl (C=O) groups is 1. The van der Waals surface area contributed by atoms with E-state index in [1.54, 1.807) is 0 Å². The molecule has 1 saturated carbocycles. The van der Waals surface area contributed by atoms with Crippen LogP contribution in [-0.4, -0.2) is 5.78 Å². The van der Waals surface area contributed by atoms with Crippen LogP contribution >= 0.6 is 0 Å². The number of hydrogen-bond donors (Lipinski definition) is 0. The highest BCUT2D eigenvalue weighted by atomic mass is 16.1. The van der Waals surface area contributed by atoms with E-state index in [0.29, 0.717) is 12.2 Å². The second kappa shape index (κ2) is 4.64. The quantitative estimate of drug-likeness (QED) is 0.769. The molecule has 92 valence electrons. The summed E-state index contributed by atoms with van der Waals surface area (Å²) in [5.41, 5.74) is 2.62. The van der Waals surface area contributed by atoms with Crippen LogP contribution in [0.15, 0.2) is 24.3 Å². The number of carbonyl (C=O) groups excluding carboxylic acids is 1. The van der Waals surface area contributed by atoms with Crippen LogP contribution in [0.25, 0.3) is 0 Å². The first kappa shape index (κ1) is 12.3. The zero-order chi connectivity index (χ0) is 12.5. The normalized spacial score (nSPS) is 22.6. The summed E-state index contributed by atoms with van der Waals surface area (Å²) in [4.78, 5) is 12.3. The van der Waals surface area contributed by atoms with Crippen molar-refractivity contribution < 1.29 is 4.79 Å². The molecular formula is C16H22O. The Morgan fingerprint density at radius 2 is 1.94 bits per heavy atom. The smallest absolute Gasteiger partial charge is 0.140 e. The molecule has 1 unspecified atom stereocenters. The molecule has 1 aliphatic carbocycles. The summed E-state index contributed by atoms with van der Waals surface area (Å²) < 4.78 is 0. The van der Waals surface area contributed by atoms with E-state index < -0.39 is 0 Å². The Morgan fingerprint density at radius 1 is 1.29 bits per heavy atom. The first-order valence-corrected chi connectivity index (χ1v) is 6.57. The van der Waals surface area contributed by atoms with Gasteiger partial charge in [-0.2, -0.15) is 0 Å². The first-order chi connectivity index (χ1) is 7.99. The molecule has 0 heterocycles. The Morgan fingerprint density at radius 3 is 2.47 bits per heavy atom. The molecule has 0 spiro atoms. The molecule has 0 amide bonds. The van der Waals surface area contributed by atoms with Gasteiger partial charge in [0.1, 0.15) is 5.78 Å². The first-order valence-electron chi connectivity index (χ1n) is 6.57. The maximum Gasteiger partial charge on any atom is 0.140 e. The van der Waals surface area contributed by atoms with Crippen molar-refractivity contribution in [3.05, 3.63) is 35.4 Å². The fourth-order valence-corrected chi connectivity index (χ4v) is 2.95. The standard InChI is InChI=1S/C16H22O/c1-12-6-8-13(9-7-12)11-15(17)14-5-4-10-16(14,2)3/h6-9,14H,4-5,10-11H2,1-3H3. The van der Waals surface area contributed by atoms with Gasteiger partial charge in [-0.1, -0.05) is 50.1 Å². The molecule has 1 nitrogen and oxygen atoms in total. The summed E-state index contributed by atoms with van der Waals surface area (Å²) >= 11 is 0. The Hall–Kier alpha value is -1.11. The van der Waals surface area contributed by atoms with Crippen LogP contribution in [0.3, 0.4) is 0 Å². The zero-order valence-corrected chi connectivity index (χ0v) is 11.1. The van der Waals surface area contributed by atoms with Gasteiger partial charge < -0.3 is 0 Å². The third-order valence-electron chi connectivity index (χ3n) is 4.14. The molecule has 2 rings (SSSR count). The van der Waals surface area contributed by atoms with E-state index in [2.05, 4.69) is 45.0 Å². The number of rotatable bonds is 3. The fraction of sp³-hybridized carbons (Fsp3) is 0.562. The number of hydrogen-bond acceptors (Lipinski definition) is 1. The van der Waals surface area contributed by atoms with Gasteiger partial charge in [0.05, 0.1) is 0 Å². The highest BCUT2D eigenvalue weighted by Gasteiger charge is 2.38. The van der Waals surface area contributed by atoms with Gasteiger partial charge in [-0.25, -0.2) is 0 Å². The number of aryl methyl sites for hydroxylation is 1. The van der Waals surface area contributed by atoms with Gasteiger partial charge in [-0.15, -0.1) is 0 Å². The van der Waals surface area contributed by atoms with Gasteiger partial charge >= 0.3 is 0 Å². The van der Waals surface area contributed by atoms with E-state index in [1.807, 2.05) is 0 Å². The van der Waals surface area contributed by atoms with Crippen LogP contribution in [0.4, 0.5) is 0 Å². The molecule has 1 aromatic rings. The van der Waals surface area contributed by atoms with Crippen LogP contribution in [-0.2, 0) is 11.2 Å². The summed E-state index contributed by atoms with van der Waals surface area (Å²) in [7, 11) is 0. The molecule has 0 aliphatic heterocycles. The third kappa shape index (κ3) is 2.77. The van der Waals surface area contributed by atoms with Crippen molar-refractivity contribution in [2.45, 2.75) is 46.5 Å². The van der Waals surface area contributed by atoms with E-state index in [0.717, 1.165) is 12.0 Å². The predicted molar refractivity (Wildman–Crippen MR) is 71.0 cm³/mol. The number of benzene rings is 1. The Labute approximate surface area is 104 Å². The van der Waals surface area contributed by atoms with E-state index in [-0.39, 0.29) is 11.3 Å². The Kier molecular flexibility index (Phi) is 3.37. The van der Waals surface area contributed by atoms with Crippen LogP contribution in [0.2, 0.25) is 0 Å². The lowest BCUT2D eigenvalue weighted by molar-refractivity contribution is -0.124. The van der Waals surface area contributed by atoms with Crippen molar-refractivity contribution in [1.29, 1.82) is 0 Å². The van der Waals surface area contributed by atoms with E-state index in [9.17, 15) is 4.79 Å². The minimum Gasteiger partial charge on any atom is -0.299 e. The molecule has 17 heavy (non-hydrogen) atoms. The molecule has 1 heteroatoms. The Balaban J connectivity index is 2.04. The van der Waals surface area contributed by atoms with Crippen molar-refractivity contribution >= 4 is 5.78 Å². The van der Waals surface area contributed by atoms with E-state index in [1.165, 1.54) is 18.4 Å². The molecule has 1 atom stereocenters. The molecule has 0 aromatic heterocycles.